The zero-order valence-electron chi connectivity index (χ0n) is 6.54. The molecule has 0 radical (unpaired) electrons. The third-order valence-electron chi connectivity index (χ3n) is 1.59. The number of rotatable bonds is 2. The molecule has 0 spiro atoms. The Balaban J connectivity index is 3.27. The topological polar surface area (TPSA) is 50.2 Å². The van der Waals surface area contributed by atoms with Gasteiger partial charge in [0.2, 0.25) is 0 Å². The third-order valence-corrected chi connectivity index (χ3v) is 1.91. The van der Waals surface area contributed by atoms with Crippen molar-refractivity contribution >= 4 is 17.6 Å². The number of hydrogen-bond donors (Lipinski definition) is 1. The van der Waals surface area contributed by atoms with Gasteiger partial charge in [-0.15, -0.1) is 0 Å². The molecule has 1 aromatic rings. The molecule has 0 unspecified atom stereocenters. The molecule has 0 saturated heterocycles. The van der Waals surface area contributed by atoms with E-state index in [1.807, 2.05) is 6.92 Å². The summed E-state index contributed by atoms with van der Waals surface area (Å²) in [6.07, 6.45) is 1.97. The molecule has 0 atom stereocenters. The molecular formula is C8H8ClNO2. The summed E-state index contributed by atoms with van der Waals surface area (Å²) in [5.74, 6) is -0.962. The Labute approximate surface area is 75.0 Å². The molecule has 64 valence electrons. The lowest BCUT2D eigenvalue weighted by Crippen LogP contribution is -2.03. The van der Waals surface area contributed by atoms with Crippen molar-refractivity contribution in [1.29, 1.82) is 0 Å². The largest absolute Gasteiger partial charge is 0.478 e. The second kappa shape index (κ2) is 3.54. The summed E-state index contributed by atoms with van der Waals surface area (Å²) >= 11 is 5.70. The number of carboxylic acids is 1. The van der Waals surface area contributed by atoms with E-state index in [9.17, 15) is 4.79 Å². The number of carbonyl (C=O) groups is 1. The van der Waals surface area contributed by atoms with E-state index in [1.165, 1.54) is 12.3 Å². The van der Waals surface area contributed by atoms with Crippen molar-refractivity contribution in [3.05, 3.63) is 28.5 Å². The molecule has 12 heavy (non-hydrogen) atoms. The van der Waals surface area contributed by atoms with Gasteiger partial charge >= 0.3 is 5.97 Å². The zero-order valence-corrected chi connectivity index (χ0v) is 7.30. The van der Waals surface area contributed by atoms with Crippen LogP contribution in [-0.4, -0.2) is 16.1 Å². The number of carboxylic acid groups (broad SMARTS) is 1. The van der Waals surface area contributed by atoms with E-state index in [2.05, 4.69) is 4.98 Å². The smallest absolute Gasteiger partial charge is 0.336 e. The van der Waals surface area contributed by atoms with Gasteiger partial charge < -0.3 is 5.11 Å². The van der Waals surface area contributed by atoms with Crippen LogP contribution in [0.5, 0.6) is 0 Å². The maximum Gasteiger partial charge on any atom is 0.336 e. The number of aromatic nitrogens is 1. The highest BCUT2D eigenvalue weighted by atomic mass is 35.5. The van der Waals surface area contributed by atoms with Gasteiger partial charge in [-0.05, 0) is 12.5 Å². The van der Waals surface area contributed by atoms with Crippen molar-refractivity contribution < 1.29 is 9.90 Å². The van der Waals surface area contributed by atoms with E-state index in [-0.39, 0.29) is 10.7 Å². The fraction of sp³-hybridized carbons (Fsp3) is 0.250. The molecule has 0 fully saturated rings. The SMILES string of the molecule is CCc1c(C(=O)O)ccnc1Cl. The van der Waals surface area contributed by atoms with Gasteiger partial charge in [0.05, 0.1) is 5.56 Å². The Kier molecular flexibility index (Phi) is 2.65. The van der Waals surface area contributed by atoms with Gasteiger partial charge in [0.15, 0.2) is 0 Å². The molecule has 0 aliphatic rings. The Morgan fingerprint density at radius 3 is 2.83 bits per heavy atom. The average Bonchev–Trinajstić information content (AvgIpc) is 2.03. The monoisotopic (exact) mass is 185 g/mol. The van der Waals surface area contributed by atoms with Crippen molar-refractivity contribution in [3.8, 4) is 0 Å². The van der Waals surface area contributed by atoms with Crippen LogP contribution in [0.3, 0.4) is 0 Å². The lowest BCUT2D eigenvalue weighted by atomic mass is 10.1. The molecule has 4 heteroatoms. The lowest BCUT2D eigenvalue weighted by Gasteiger charge is -2.03. The summed E-state index contributed by atoms with van der Waals surface area (Å²) in [6, 6.07) is 1.45. The molecule has 1 N–H and O–H groups in total. The number of pyridine rings is 1. The van der Waals surface area contributed by atoms with Crippen LogP contribution < -0.4 is 0 Å². The van der Waals surface area contributed by atoms with E-state index in [0.717, 1.165) is 0 Å². The summed E-state index contributed by atoms with van der Waals surface area (Å²) < 4.78 is 0. The molecule has 1 rings (SSSR count). The molecule has 0 aromatic carbocycles. The minimum Gasteiger partial charge on any atom is -0.478 e. The minimum absolute atomic E-state index is 0.234. The van der Waals surface area contributed by atoms with Gasteiger partial charge in [0, 0.05) is 11.8 Å². The maximum absolute atomic E-state index is 10.6. The third kappa shape index (κ3) is 1.56. The van der Waals surface area contributed by atoms with Crippen LogP contribution in [0, 0.1) is 0 Å². The maximum atomic E-state index is 10.6. The second-order valence-corrected chi connectivity index (χ2v) is 2.64. The summed E-state index contributed by atoms with van der Waals surface area (Å²) in [4.78, 5) is 14.4. The van der Waals surface area contributed by atoms with Crippen LogP contribution in [0.25, 0.3) is 0 Å². The fourth-order valence-corrected chi connectivity index (χ4v) is 1.30. The van der Waals surface area contributed by atoms with Crippen LogP contribution in [0.2, 0.25) is 5.15 Å². The number of halogens is 1. The van der Waals surface area contributed by atoms with Crippen LogP contribution in [-0.2, 0) is 6.42 Å². The number of nitrogens with zero attached hydrogens (tertiary/aromatic N) is 1. The predicted molar refractivity (Wildman–Crippen MR) is 45.6 cm³/mol. The van der Waals surface area contributed by atoms with Gasteiger partial charge in [0.25, 0.3) is 0 Å². The molecule has 0 saturated carbocycles. The second-order valence-electron chi connectivity index (χ2n) is 2.29. The van der Waals surface area contributed by atoms with Crippen molar-refractivity contribution in [2.45, 2.75) is 13.3 Å². The van der Waals surface area contributed by atoms with Crippen molar-refractivity contribution in [3.63, 3.8) is 0 Å². The quantitative estimate of drug-likeness (QED) is 0.717. The number of hydrogen-bond acceptors (Lipinski definition) is 2. The first-order valence-electron chi connectivity index (χ1n) is 3.53. The van der Waals surface area contributed by atoms with Crippen molar-refractivity contribution in [1.82, 2.24) is 4.98 Å². The average molecular weight is 186 g/mol. The number of aromatic carboxylic acids is 1. The first-order valence-corrected chi connectivity index (χ1v) is 3.91. The van der Waals surface area contributed by atoms with E-state index in [4.69, 9.17) is 16.7 Å². The van der Waals surface area contributed by atoms with E-state index >= 15 is 0 Å². The van der Waals surface area contributed by atoms with E-state index in [1.54, 1.807) is 0 Å². The summed E-state index contributed by atoms with van der Waals surface area (Å²) in [6.45, 7) is 1.84. The summed E-state index contributed by atoms with van der Waals surface area (Å²) in [5, 5.41) is 9.01. The molecule has 3 nitrogen and oxygen atoms in total. The fourth-order valence-electron chi connectivity index (χ4n) is 1.00. The normalized spacial score (nSPS) is 9.83. The lowest BCUT2D eigenvalue weighted by molar-refractivity contribution is 0.0695. The molecule has 1 heterocycles. The highest BCUT2D eigenvalue weighted by Crippen LogP contribution is 2.17. The first-order chi connectivity index (χ1) is 5.66. The highest BCUT2D eigenvalue weighted by Gasteiger charge is 2.11. The van der Waals surface area contributed by atoms with Gasteiger partial charge in [-0.3, -0.25) is 0 Å². The Hall–Kier alpha value is -1.09. The van der Waals surface area contributed by atoms with Gasteiger partial charge in [-0.25, -0.2) is 9.78 Å². The highest BCUT2D eigenvalue weighted by molar-refractivity contribution is 6.30. The molecule has 0 aliphatic carbocycles. The van der Waals surface area contributed by atoms with E-state index < -0.39 is 5.97 Å². The van der Waals surface area contributed by atoms with Gasteiger partial charge in [-0.2, -0.15) is 0 Å². The van der Waals surface area contributed by atoms with Crippen LogP contribution in [0.15, 0.2) is 12.3 Å². The first kappa shape index (κ1) is 9.00. The molecule has 0 amide bonds. The van der Waals surface area contributed by atoms with Crippen LogP contribution in [0.4, 0.5) is 0 Å². The molecule has 1 aromatic heterocycles. The zero-order chi connectivity index (χ0) is 9.14. The summed E-state index contributed by atoms with van der Waals surface area (Å²) in [5.41, 5.74) is 0.823. The van der Waals surface area contributed by atoms with Crippen LogP contribution in [0.1, 0.15) is 22.8 Å². The standard InChI is InChI=1S/C8H8ClNO2/c1-2-5-6(8(11)12)3-4-10-7(5)9/h3-4H,2H2,1H3,(H,11,12). The Bertz CT molecular complexity index is 312. The Morgan fingerprint density at radius 1 is 1.75 bits per heavy atom. The van der Waals surface area contributed by atoms with Gasteiger partial charge in [0.1, 0.15) is 5.15 Å². The minimum atomic E-state index is -0.962. The van der Waals surface area contributed by atoms with Crippen LogP contribution >= 0.6 is 11.6 Å². The Morgan fingerprint density at radius 2 is 2.42 bits per heavy atom. The summed E-state index contributed by atoms with van der Waals surface area (Å²) in [7, 11) is 0. The van der Waals surface area contributed by atoms with Crippen molar-refractivity contribution in [2.24, 2.45) is 0 Å². The molecule has 0 bridgehead atoms. The predicted octanol–water partition coefficient (Wildman–Crippen LogP) is 2.00. The molecular weight excluding hydrogens is 178 g/mol. The van der Waals surface area contributed by atoms with Gasteiger partial charge in [-0.1, -0.05) is 18.5 Å². The van der Waals surface area contributed by atoms with E-state index in [0.29, 0.717) is 12.0 Å². The van der Waals surface area contributed by atoms with Crippen molar-refractivity contribution in [2.75, 3.05) is 0 Å². The molecule has 0 aliphatic heterocycles.